The molecule has 1 unspecified atom stereocenters. The Bertz CT molecular complexity index is 1440. The molecular formula is C33H47BrN8O7. The van der Waals surface area contributed by atoms with Crippen LogP contribution in [0.1, 0.15) is 55.6 Å². The normalized spacial score (nSPS) is 22.2. The molecule has 2 aliphatic rings. The van der Waals surface area contributed by atoms with Crippen LogP contribution in [0.4, 0.5) is 0 Å². The van der Waals surface area contributed by atoms with Crippen LogP contribution in [0.15, 0.2) is 41.3 Å². The van der Waals surface area contributed by atoms with Gasteiger partial charge >= 0.3 is 0 Å². The lowest BCUT2D eigenvalue weighted by atomic mass is 9.69. The number of hydroxylamine groups is 2. The Morgan fingerprint density at radius 1 is 1.16 bits per heavy atom. The van der Waals surface area contributed by atoms with E-state index in [1.807, 2.05) is 0 Å². The molecule has 1 aromatic carbocycles. The maximum Gasteiger partial charge on any atom is 0.263 e. The number of hydrogen-bond acceptors (Lipinski definition) is 9. The van der Waals surface area contributed by atoms with Crippen molar-refractivity contribution in [2.45, 2.75) is 76.2 Å². The number of likely N-dealkylation sites (tertiary alicyclic amines) is 1. The summed E-state index contributed by atoms with van der Waals surface area (Å²) in [5.41, 5.74) is 1.22. The van der Waals surface area contributed by atoms with Crippen LogP contribution in [0.5, 0.6) is 0 Å². The van der Waals surface area contributed by atoms with E-state index in [0.29, 0.717) is 12.1 Å². The summed E-state index contributed by atoms with van der Waals surface area (Å²) in [7, 11) is 2.92. The minimum atomic E-state index is -1.23. The summed E-state index contributed by atoms with van der Waals surface area (Å²) in [6.07, 6.45) is 5.97. The largest absolute Gasteiger partial charge is 0.391 e. The molecule has 1 saturated carbocycles. The first-order valence-corrected chi connectivity index (χ1v) is 17.3. The summed E-state index contributed by atoms with van der Waals surface area (Å²) >= 11 is 3.43. The van der Waals surface area contributed by atoms with Crippen LogP contribution in [0.2, 0.25) is 0 Å². The number of likely N-dealkylation sites (N-methyl/N-ethyl adjacent to an activating group) is 1. The number of amides is 5. The smallest absolute Gasteiger partial charge is 0.263 e. The van der Waals surface area contributed by atoms with Gasteiger partial charge in [0, 0.05) is 55.4 Å². The first kappa shape index (κ1) is 38.0. The van der Waals surface area contributed by atoms with E-state index >= 15 is 0 Å². The van der Waals surface area contributed by atoms with Gasteiger partial charge in [0.25, 0.3) is 11.8 Å². The van der Waals surface area contributed by atoms with Crippen LogP contribution in [0.25, 0.3) is 0 Å². The Labute approximate surface area is 294 Å². The van der Waals surface area contributed by atoms with E-state index in [9.17, 15) is 29.1 Å². The highest BCUT2D eigenvalue weighted by atomic mass is 79.9. The van der Waals surface area contributed by atoms with Gasteiger partial charge in [0.2, 0.25) is 17.7 Å². The Kier molecular flexibility index (Phi) is 13.7. The second kappa shape index (κ2) is 17.7. The summed E-state index contributed by atoms with van der Waals surface area (Å²) in [5.74, 6) is -2.04. The van der Waals surface area contributed by atoms with Gasteiger partial charge in [-0.15, -0.1) is 0 Å². The number of piperidine rings is 1. The second-order valence-corrected chi connectivity index (χ2v) is 13.6. The number of imidazole rings is 1. The molecule has 1 saturated heterocycles. The first-order chi connectivity index (χ1) is 23.4. The predicted molar refractivity (Wildman–Crippen MR) is 183 cm³/mol. The molecule has 1 aromatic heterocycles. The molecule has 16 heteroatoms. The zero-order valence-electron chi connectivity index (χ0n) is 28.3. The molecule has 2 heterocycles. The Hall–Kier alpha value is -3.86. The summed E-state index contributed by atoms with van der Waals surface area (Å²) in [6.45, 7) is 2.84. The van der Waals surface area contributed by atoms with Crippen LogP contribution in [0.3, 0.4) is 0 Å². The number of hydrogen-bond donors (Lipinski definition) is 6. The Balaban J connectivity index is 1.63. The molecule has 1 aliphatic heterocycles. The highest BCUT2D eigenvalue weighted by Crippen LogP contribution is 2.39. The second-order valence-electron chi connectivity index (χ2n) is 12.7. The maximum atomic E-state index is 14.2. The number of carbonyl (C=O) groups excluding carboxylic acids is 5. The zero-order valence-corrected chi connectivity index (χ0v) is 29.9. The van der Waals surface area contributed by atoms with Crippen molar-refractivity contribution in [3.05, 3.63) is 52.5 Å². The number of fused-ring (bicyclic) bond motifs is 1. The van der Waals surface area contributed by atoms with Crippen molar-refractivity contribution in [1.82, 2.24) is 41.2 Å². The van der Waals surface area contributed by atoms with Gasteiger partial charge in [0.05, 0.1) is 44.2 Å². The van der Waals surface area contributed by atoms with Crippen molar-refractivity contribution in [3.63, 3.8) is 0 Å². The van der Waals surface area contributed by atoms with E-state index < -0.39 is 54.5 Å². The maximum absolute atomic E-state index is 14.2. The van der Waals surface area contributed by atoms with Gasteiger partial charge in [0.15, 0.2) is 0 Å². The SMILES string of the molecule is CON(C)C(=O)[C@H](Cc1cnc[nH]1)NC[C@@H]1C(NC(=O)CNC(=O)[C@@H](NC(C)=O)[C@@H](C)O)[C@H]2CCCC[C@@H]2CN1C(=O)c1ccc(Br)cc1. The molecule has 0 radical (unpaired) electrons. The topological polar surface area (TPSA) is 198 Å². The lowest BCUT2D eigenvalue weighted by Crippen LogP contribution is -2.67. The van der Waals surface area contributed by atoms with E-state index in [4.69, 9.17) is 4.84 Å². The van der Waals surface area contributed by atoms with Crippen LogP contribution in [-0.2, 0) is 30.4 Å². The number of aliphatic hydroxyl groups excluding tert-OH is 1. The van der Waals surface area contributed by atoms with Crippen molar-refractivity contribution >= 4 is 45.5 Å². The number of rotatable bonds is 14. The van der Waals surface area contributed by atoms with E-state index in [1.165, 1.54) is 34.3 Å². The lowest BCUT2D eigenvalue weighted by molar-refractivity contribution is -0.171. The average Bonchev–Trinajstić information content (AvgIpc) is 3.60. The van der Waals surface area contributed by atoms with Gasteiger partial charge in [-0.2, -0.15) is 0 Å². The van der Waals surface area contributed by atoms with Crippen LogP contribution in [-0.4, -0.2) is 119 Å². The first-order valence-electron chi connectivity index (χ1n) is 16.5. The molecule has 268 valence electrons. The van der Waals surface area contributed by atoms with E-state index in [-0.39, 0.29) is 36.6 Å². The Morgan fingerprint density at radius 3 is 2.51 bits per heavy atom. The molecule has 15 nitrogen and oxygen atoms in total. The van der Waals surface area contributed by atoms with Gasteiger partial charge in [-0.3, -0.25) is 28.8 Å². The number of aromatic nitrogens is 2. The number of H-pyrrole nitrogens is 1. The van der Waals surface area contributed by atoms with Gasteiger partial charge in [-0.05, 0) is 55.9 Å². The fourth-order valence-electron chi connectivity index (χ4n) is 6.81. The minimum Gasteiger partial charge on any atom is -0.391 e. The van der Waals surface area contributed by atoms with Crippen molar-refractivity contribution in [3.8, 4) is 0 Å². The number of nitrogens with zero attached hydrogens (tertiary/aromatic N) is 3. The number of carbonyl (C=O) groups is 5. The number of aliphatic hydroxyl groups is 1. The number of halogens is 1. The van der Waals surface area contributed by atoms with Gasteiger partial charge < -0.3 is 36.3 Å². The molecule has 49 heavy (non-hydrogen) atoms. The fraction of sp³-hybridized carbons (Fsp3) is 0.576. The van der Waals surface area contributed by atoms with Gasteiger partial charge in [-0.25, -0.2) is 10.0 Å². The monoisotopic (exact) mass is 746 g/mol. The third kappa shape index (κ3) is 10.1. The van der Waals surface area contributed by atoms with Gasteiger partial charge in [-0.1, -0.05) is 28.8 Å². The van der Waals surface area contributed by atoms with E-state index in [0.717, 1.165) is 40.9 Å². The number of aromatic amines is 1. The molecular weight excluding hydrogens is 700 g/mol. The van der Waals surface area contributed by atoms with Gasteiger partial charge in [0.1, 0.15) is 6.04 Å². The molecule has 2 fully saturated rings. The molecule has 1 aliphatic carbocycles. The molecule has 6 N–H and O–H groups in total. The molecule has 7 atom stereocenters. The zero-order chi connectivity index (χ0) is 35.7. The molecule has 2 aromatic rings. The highest BCUT2D eigenvalue weighted by Gasteiger charge is 2.47. The average molecular weight is 748 g/mol. The summed E-state index contributed by atoms with van der Waals surface area (Å²) in [4.78, 5) is 79.6. The van der Waals surface area contributed by atoms with Crippen LogP contribution < -0.4 is 21.3 Å². The lowest BCUT2D eigenvalue weighted by Gasteiger charge is -2.51. The van der Waals surface area contributed by atoms with Crippen LogP contribution in [0, 0.1) is 11.8 Å². The van der Waals surface area contributed by atoms with Crippen molar-refractivity contribution in [2.24, 2.45) is 11.8 Å². The summed E-state index contributed by atoms with van der Waals surface area (Å²) in [6, 6.07) is 4.05. The summed E-state index contributed by atoms with van der Waals surface area (Å²) < 4.78 is 0.833. The molecule has 0 spiro atoms. The van der Waals surface area contributed by atoms with Crippen LogP contribution >= 0.6 is 15.9 Å². The van der Waals surface area contributed by atoms with E-state index in [2.05, 4.69) is 47.2 Å². The molecule has 0 bridgehead atoms. The third-order valence-electron chi connectivity index (χ3n) is 9.34. The minimum absolute atomic E-state index is 0.0437. The van der Waals surface area contributed by atoms with Crippen molar-refractivity contribution in [2.75, 3.05) is 33.8 Å². The standard InChI is InChI=1S/C33H47BrN8O7/c1-19(43)29(39-20(2)44)31(46)37-16-28(45)40-30-25-8-6-5-7-22(25)17-42(32(47)21-9-11-23(34)12-10-21)27(30)15-36-26(33(48)41(3)49-4)13-24-14-35-18-38-24/h9-12,14,18-19,22,25-27,29-30,36,43H,5-8,13,15-17H2,1-4H3,(H,35,38)(H,37,46)(H,39,44)(H,40,45)/t19-,22-,25+,26+,27-,29+,30?/m1/s1. The molecule has 5 amide bonds. The predicted octanol–water partition coefficient (Wildman–Crippen LogP) is 0.510. The summed E-state index contributed by atoms with van der Waals surface area (Å²) in [5, 5.41) is 22.6. The Morgan fingerprint density at radius 2 is 1.88 bits per heavy atom. The molecule has 4 rings (SSSR count). The highest BCUT2D eigenvalue weighted by molar-refractivity contribution is 9.10. The number of nitrogens with one attached hydrogen (secondary N) is 5. The van der Waals surface area contributed by atoms with Crippen molar-refractivity contribution < 1.29 is 33.9 Å². The quantitative estimate of drug-likeness (QED) is 0.149. The number of benzene rings is 1. The van der Waals surface area contributed by atoms with Crippen molar-refractivity contribution in [1.29, 1.82) is 0 Å². The fourth-order valence-corrected chi connectivity index (χ4v) is 7.07. The third-order valence-corrected chi connectivity index (χ3v) is 9.86. The van der Waals surface area contributed by atoms with E-state index in [1.54, 1.807) is 35.4 Å².